The molecule has 0 N–H and O–H groups in total. The lowest BCUT2D eigenvalue weighted by Crippen LogP contribution is -2.56. The minimum Gasteiger partial charge on any atom is -0.299 e. The minimum absolute atomic E-state index is 0.134. The van der Waals surface area contributed by atoms with Gasteiger partial charge in [0.05, 0.1) is 14.7 Å². The van der Waals surface area contributed by atoms with Gasteiger partial charge in [-0.2, -0.15) is 12.9 Å². The van der Waals surface area contributed by atoms with Crippen molar-refractivity contribution in [3.8, 4) is 0 Å². The molecular formula is C39H60N4O6S3. The molecule has 0 aliphatic carbocycles. The molecule has 0 amide bonds. The summed E-state index contributed by atoms with van der Waals surface area (Å²) in [6.45, 7) is 18.2. The average molecular weight is 777 g/mol. The van der Waals surface area contributed by atoms with Crippen molar-refractivity contribution in [1.29, 1.82) is 0 Å². The summed E-state index contributed by atoms with van der Waals surface area (Å²) in [6, 6.07) is 18.7. The largest absolute Gasteiger partial charge is 0.299 e. The maximum Gasteiger partial charge on any atom is 0.243 e. The molecule has 3 rings (SSSR count). The van der Waals surface area contributed by atoms with E-state index in [0.29, 0.717) is 0 Å². The van der Waals surface area contributed by atoms with E-state index in [1.807, 2.05) is 62.3 Å². The third-order valence-electron chi connectivity index (χ3n) is 10.1. The summed E-state index contributed by atoms with van der Waals surface area (Å²) >= 11 is 0. The van der Waals surface area contributed by atoms with Crippen LogP contribution in [0.15, 0.2) is 87.5 Å². The van der Waals surface area contributed by atoms with Gasteiger partial charge in [-0.3, -0.25) is 4.90 Å². The number of rotatable bonds is 18. The van der Waals surface area contributed by atoms with E-state index in [0.717, 1.165) is 16.7 Å². The molecule has 0 aliphatic heterocycles. The van der Waals surface area contributed by atoms with Crippen LogP contribution in [0.3, 0.4) is 0 Å². The molecule has 3 atom stereocenters. The second kappa shape index (κ2) is 17.7. The Labute approximate surface area is 315 Å². The molecule has 0 bridgehead atoms. The van der Waals surface area contributed by atoms with Gasteiger partial charge in [0.1, 0.15) is 0 Å². The fourth-order valence-electron chi connectivity index (χ4n) is 6.42. The number of aryl methyl sites for hydroxylation is 3. The normalized spacial score (nSPS) is 15.1. The van der Waals surface area contributed by atoms with Gasteiger partial charge in [-0.05, 0) is 74.9 Å². The second-order valence-corrected chi connectivity index (χ2v) is 21.1. The predicted molar refractivity (Wildman–Crippen MR) is 211 cm³/mol. The van der Waals surface area contributed by atoms with Crippen LogP contribution in [0.2, 0.25) is 0 Å². The Bertz CT molecular complexity index is 1700. The summed E-state index contributed by atoms with van der Waals surface area (Å²) in [5, 5.41) is 0. The molecule has 0 fully saturated rings. The summed E-state index contributed by atoms with van der Waals surface area (Å²) in [7, 11) is -6.95. The van der Waals surface area contributed by atoms with Crippen molar-refractivity contribution < 1.29 is 25.3 Å². The van der Waals surface area contributed by atoms with Crippen LogP contribution in [0.5, 0.6) is 0 Å². The molecule has 13 heteroatoms. The van der Waals surface area contributed by atoms with Gasteiger partial charge >= 0.3 is 0 Å². The topological polar surface area (TPSA) is 115 Å². The number of hydrogen-bond acceptors (Lipinski definition) is 7. The molecule has 52 heavy (non-hydrogen) atoms. The lowest BCUT2D eigenvalue weighted by atomic mass is 9.98. The second-order valence-electron chi connectivity index (χ2n) is 15.2. The van der Waals surface area contributed by atoms with Crippen LogP contribution in [0.4, 0.5) is 0 Å². The zero-order valence-electron chi connectivity index (χ0n) is 33.0. The SMILES string of the molecule is Cc1ccc(S(=O)(=O)N(C)[C@H](CN(C[C@H](C(C)C)N(C)S(=O)(=O)c2ccc(C)cc2)C[C@H](C(C)C)N(C)S(=O)(=O)c2ccc(C)cc2)C(C)C)cc1. The Hall–Kier alpha value is -2.65. The first-order valence-corrected chi connectivity index (χ1v) is 22.2. The highest BCUT2D eigenvalue weighted by Crippen LogP contribution is 2.27. The lowest BCUT2D eigenvalue weighted by Gasteiger charge is -2.42. The van der Waals surface area contributed by atoms with Crippen molar-refractivity contribution >= 4 is 30.1 Å². The number of likely N-dealkylation sites (N-methyl/N-ethyl adjacent to an activating group) is 3. The highest BCUT2D eigenvalue weighted by molar-refractivity contribution is 7.89. The first kappa shape index (κ1) is 43.8. The number of hydrogen-bond donors (Lipinski definition) is 0. The third kappa shape index (κ3) is 10.3. The van der Waals surface area contributed by atoms with E-state index in [2.05, 4.69) is 4.90 Å². The Balaban J connectivity index is 2.12. The fourth-order valence-corrected chi connectivity index (χ4v) is 10.9. The monoisotopic (exact) mass is 776 g/mol. The molecule has 0 unspecified atom stereocenters. The number of benzene rings is 3. The number of sulfonamides is 3. The van der Waals surface area contributed by atoms with E-state index in [1.165, 1.54) is 12.9 Å². The van der Waals surface area contributed by atoms with Crippen LogP contribution in [0, 0.1) is 38.5 Å². The molecular weight excluding hydrogens is 717 g/mol. The molecule has 290 valence electrons. The quantitative estimate of drug-likeness (QED) is 0.150. The molecule has 0 radical (unpaired) electrons. The van der Waals surface area contributed by atoms with Gasteiger partial charge < -0.3 is 0 Å². The van der Waals surface area contributed by atoms with Gasteiger partial charge in [-0.1, -0.05) is 94.6 Å². The van der Waals surface area contributed by atoms with Crippen LogP contribution in [-0.2, 0) is 30.1 Å². The van der Waals surface area contributed by atoms with Crippen molar-refractivity contribution in [1.82, 2.24) is 17.8 Å². The van der Waals surface area contributed by atoms with Crippen molar-refractivity contribution in [2.45, 2.75) is 95.1 Å². The zero-order valence-corrected chi connectivity index (χ0v) is 35.4. The number of nitrogens with zero attached hydrogens (tertiary/aromatic N) is 4. The molecule has 10 nitrogen and oxygen atoms in total. The molecule has 0 saturated heterocycles. The smallest absolute Gasteiger partial charge is 0.243 e. The Kier molecular flexibility index (Phi) is 14.9. The predicted octanol–water partition coefficient (Wildman–Crippen LogP) is 6.25. The zero-order chi connectivity index (χ0) is 39.3. The highest BCUT2D eigenvalue weighted by atomic mass is 32.2. The van der Waals surface area contributed by atoms with Crippen molar-refractivity contribution in [3.63, 3.8) is 0 Å². The summed E-state index contributed by atoms with van der Waals surface area (Å²) in [5.74, 6) is -0.401. The summed E-state index contributed by atoms with van der Waals surface area (Å²) in [6.07, 6.45) is 0. The highest BCUT2D eigenvalue weighted by Gasteiger charge is 2.38. The van der Waals surface area contributed by atoms with E-state index in [-0.39, 0.29) is 52.1 Å². The van der Waals surface area contributed by atoms with Crippen LogP contribution >= 0.6 is 0 Å². The van der Waals surface area contributed by atoms with Crippen LogP contribution < -0.4 is 0 Å². The maximum atomic E-state index is 14.0. The van der Waals surface area contributed by atoms with Crippen LogP contribution in [0.1, 0.15) is 58.2 Å². The van der Waals surface area contributed by atoms with Gasteiger partial charge in [0, 0.05) is 58.9 Å². The molecule has 0 aromatic heterocycles. The van der Waals surface area contributed by atoms with Gasteiger partial charge in [0.25, 0.3) is 0 Å². The lowest BCUT2D eigenvalue weighted by molar-refractivity contribution is 0.109. The van der Waals surface area contributed by atoms with E-state index >= 15 is 0 Å². The summed E-state index contributed by atoms with van der Waals surface area (Å²) < 4.78 is 88.2. The molecule has 3 aromatic rings. The van der Waals surface area contributed by atoms with E-state index in [9.17, 15) is 25.3 Å². The van der Waals surface area contributed by atoms with Gasteiger partial charge in [0.2, 0.25) is 30.1 Å². The Morgan fingerprint density at radius 1 is 0.404 bits per heavy atom. The first-order chi connectivity index (χ1) is 24.0. The average Bonchev–Trinajstić information content (AvgIpc) is 3.07. The molecule has 0 saturated carbocycles. The maximum absolute atomic E-state index is 14.0. The van der Waals surface area contributed by atoms with Gasteiger partial charge in [-0.25, -0.2) is 25.3 Å². The molecule has 0 spiro atoms. The van der Waals surface area contributed by atoms with E-state index in [1.54, 1.807) is 93.9 Å². The van der Waals surface area contributed by atoms with E-state index < -0.39 is 48.2 Å². The Morgan fingerprint density at radius 3 is 0.769 bits per heavy atom. The Morgan fingerprint density at radius 2 is 0.596 bits per heavy atom. The fraction of sp³-hybridized carbons (Fsp3) is 0.538. The van der Waals surface area contributed by atoms with E-state index in [4.69, 9.17) is 0 Å². The van der Waals surface area contributed by atoms with Crippen molar-refractivity contribution in [2.75, 3.05) is 40.8 Å². The van der Waals surface area contributed by atoms with Crippen molar-refractivity contribution in [2.24, 2.45) is 17.8 Å². The minimum atomic E-state index is -3.90. The van der Waals surface area contributed by atoms with Gasteiger partial charge in [-0.15, -0.1) is 0 Å². The van der Waals surface area contributed by atoms with Crippen molar-refractivity contribution in [3.05, 3.63) is 89.5 Å². The first-order valence-electron chi connectivity index (χ1n) is 17.9. The standard InChI is InChI=1S/C39H60N4O6S3/c1-28(2)37(40(10)50(44,45)34-19-13-31(7)14-20-34)25-43(26-38(29(3)4)41(11)51(46,47)35-21-15-32(8)16-22-35)27-39(30(5)6)42(12)52(48,49)36-23-17-33(9)18-24-36/h13-24,28-30,37-39H,25-27H2,1-12H3/t37-,38-,39-/m1/s1. The van der Waals surface area contributed by atoms with Crippen LogP contribution in [0.25, 0.3) is 0 Å². The van der Waals surface area contributed by atoms with Crippen LogP contribution in [-0.4, -0.2) is 102 Å². The molecule has 0 heterocycles. The third-order valence-corrected chi connectivity index (χ3v) is 15.8. The molecule has 0 aliphatic rings. The summed E-state index contributed by atoms with van der Waals surface area (Å²) in [5.41, 5.74) is 2.84. The van der Waals surface area contributed by atoms with Gasteiger partial charge in [0.15, 0.2) is 0 Å². The molecule has 3 aromatic carbocycles. The summed E-state index contributed by atoms with van der Waals surface area (Å²) in [4.78, 5) is 2.62.